The van der Waals surface area contributed by atoms with Crippen LogP contribution >= 0.6 is 15.9 Å². The molecule has 0 bridgehead atoms. The lowest BCUT2D eigenvalue weighted by atomic mass is 10.2. The van der Waals surface area contributed by atoms with Crippen molar-refractivity contribution in [2.75, 3.05) is 0 Å². The number of carbonyl (C=O) groups is 1. The Hall–Kier alpha value is -1.81. The van der Waals surface area contributed by atoms with Gasteiger partial charge in [-0.25, -0.2) is 0 Å². The van der Waals surface area contributed by atoms with E-state index >= 15 is 0 Å². The van der Waals surface area contributed by atoms with E-state index in [1.807, 2.05) is 42.5 Å². The Balaban J connectivity index is 1.63. The van der Waals surface area contributed by atoms with Crippen LogP contribution in [0.5, 0.6) is 5.75 Å². The molecule has 1 aliphatic carbocycles. The molecule has 1 saturated carbocycles. The molecule has 1 amide bonds. The minimum atomic E-state index is -0.0228. The summed E-state index contributed by atoms with van der Waals surface area (Å²) in [5.74, 6) is 0.684. The summed E-state index contributed by atoms with van der Waals surface area (Å²) < 4.78 is 6.79. The quantitative estimate of drug-likeness (QED) is 0.891. The van der Waals surface area contributed by atoms with Gasteiger partial charge in [-0.05, 0) is 48.7 Å². The molecule has 108 valence electrons. The molecule has 0 radical (unpaired) electrons. The maximum absolute atomic E-state index is 12.0. The van der Waals surface area contributed by atoms with Crippen molar-refractivity contribution >= 4 is 21.8 Å². The molecule has 0 heterocycles. The van der Waals surface area contributed by atoms with Crippen LogP contribution in [0.2, 0.25) is 0 Å². The van der Waals surface area contributed by atoms with Crippen LogP contribution in [0.4, 0.5) is 0 Å². The number of nitrogens with one attached hydrogen (secondary N) is 1. The number of carbonyl (C=O) groups excluding carboxylic acids is 1. The maximum atomic E-state index is 12.0. The van der Waals surface area contributed by atoms with Gasteiger partial charge in [-0.1, -0.05) is 34.1 Å². The number of ether oxygens (including phenoxy) is 1. The molecular formula is C17H16BrNO2. The topological polar surface area (TPSA) is 38.3 Å². The van der Waals surface area contributed by atoms with Crippen LogP contribution in [0, 0.1) is 0 Å². The molecule has 0 saturated heterocycles. The van der Waals surface area contributed by atoms with Gasteiger partial charge in [-0.2, -0.15) is 0 Å². The predicted octanol–water partition coefficient (Wildman–Crippen LogP) is 3.92. The lowest BCUT2D eigenvalue weighted by Gasteiger charge is -2.09. The summed E-state index contributed by atoms with van der Waals surface area (Å²) in [4.78, 5) is 12.0. The minimum absolute atomic E-state index is 0.0228. The molecule has 4 heteroatoms. The van der Waals surface area contributed by atoms with E-state index in [4.69, 9.17) is 4.74 Å². The van der Waals surface area contributed by atoms with Crippen molar-refractivity contribution < 1.29 is 9.53 Å². The highest BCUT2D eigenvalue weighted by Gasteiger charge is 2.23. The lowest BCUT2D eigenvalue weighted by molar-refractivity contribution is 0.0950. The fraction of sp³-hybridized carbons (Fsp3) is 0.235. The normalized spacial score (nSPS) is 13.8. The van der Waals surface area contributed by atoms with Crippen molar-refractivity contribution in [3.63, 3.8) is 0 Å². The average Bonchev–Trinajstić information content (AvgIpc) is 3.29. The zero-order valence-electron chi connectivity index (χ0n) is 11.5. The van der Waals surface area contributed by atoms with Gasteiger partial charge in [0.05, 0.1) is 0 Å². The molecule has 0 aliphatic heterocycles. The molecule has 2 aromatic rings. The van der Waals surface area contributed by atoms with E-state index in [0.29, 0.717) is 24.0 Å². The van der Waals surface area contributed by atoms with Crippen molar-refractivity contribution in [2.24, 2.45) is 0 Å². The van der Waals surface area contributed by atoms with E-state index in [1.54, 1.807) is 6.07 Å². The van der Waals surface area contributed by atoms with Crippen LogP contribution in [0.25, 0.3) is 0 Å². The van der Waals surface area contributed by atoms with Crippen molar-refractivity contribution in [1.82, 2.24) is 5.32 Å². The van der Waals surface area contributed by atoms with Gasteiger partial charge in [0.2, 0.25) is 0 Å². The Bertz CT molecular complexity index is 653. The molecule has 0 unspecified atom stereocenters. The molecule has 1 fully saturated rings. The summed E-state index contributed by atoms with van der Waals surface area (Å²) >= 11 is 3.44. The first kappa shape index (κ1) is 14.1. The molecular weight excluding hydrogens is 330 g/mol. The first-order chi connectivity index (χ1) is 10.2. The standard InChI is InChI=1S/C17H16BrNO2/c18-14-5-1-3-12(9-14)11-21-16-6-2-4-13(10-16)17(20)19-15-7-8-15/h1-6,9-10,15H,7-8,11H2,(H,19,20). The number of benzene rings is 2. The van der Waals surface area contributed by atoms with Crippen molar-refractivity contribution in [2.45, 2.75) is 25.5 Å². The third-order valence-electron chi connectivity index (χ3n) is 3.30. The van der Waals surface area contributed by atoms with Crippen molar-refractivity contribution in [1.29, 1.82) is 0 Å². The van der Waals surface area contributed by atoms with Crippen LogP contribution in [0.1, 0.15) is 28.8 Å². The van der Waals surface area contributed by atoms with Crippen molar-refractivity contribution in [3.05, 3.63) is 64.1 Å². The zero-order valence-corrected chi connectivity index (χ0v) is 13.1. The first-order valence-corrected chi connectivity index (χ1v) is 7.78. The minimum Gasteiger partial charge on any atom is -0.489 e. The molecule has 3 nitrogen and oxygen atoms in total. The highest BCUT2D eigenvalue weighted by atomic mass is 79.9. The maximum Gasteiger partial charge on any atom is 0.251 e. The highest BCUT2D eigenvalue weighted by molar-refractivity contribution is 9.10. The van der Waals surface area contributed by atoms with Crippen LogP contribution in [0.15, 0.2) is 53.0 Å². The summed E-state index contributed by atoms with van der Waals surface area (Å²) in [5, 5.41) is 2.98. The van der Waals surface area contributed by atoms with E-state index in [9.17, 15) is 4.79 Å². The van der Waals surface area contributed by atoms with Gasteiger partial charge in [0.1, 0.15) is 12.4 Å². The summed E-state index contributed by atoms with van der Waals surface area (Å²) in [5.41, 5.74) is 1.73. The van der Waals surface area contributed by atoms with Gasteiger partial charge in [-0.15, -0.1) is 0 Å². The largest absolute Gasteiger partial charge is 0.489 e. The van der Waals surface area contributed by atoms with E-state index in [2.05, 4.69) is 21.2 Å². The predicted molar refractivity (Wildman–Crippen MR) is 85.4 cm³/mol. The van der Waals surface area contributed by atoms with E-state index in [1.165, 1.54) is 0 Å². The third-order valence-corrected chi connectivity index (χ3v) is 3.80. The number of hydrogen-bond acceptors (Lipinski definition) is 2. The van der Waals surface area contributed by atoms with Gasteiger partial charge in [0, 0.05) is 16.1 Å². The Morgan fingerprint density at radius 1 is 1.19 bits per heavy atom. The monoisotopic (exact) mass is 345 g/mol. The zero-order chi connectivity index (χ0) is 14.7. The molecule has 1 aliphatic rings. The second kappa shape index (κ2) is 6.31. The second-order valence-electron chi connectivity index (χ2n) is 5.19. The smallest absolute Gasteiger partial charge is 0.251 e. The van der Waals surface area contributed by atoms with Gasteiger partial charge in [0.15, 0.2) is 0 Å². The first-order valence-electron chi connectivity index (χ1n) is 6.99. The third kappa shape index (κ3) is 4.08. The molecule has 0 spiro atoms. The summed E-state index contributed by atoms with van der Waals surface area (Å²) in [6, 6.07) is 15.7. The van der Waals surface area contributed by atoms with Crippen LogP contribution in [-0.4, -0.2) is 11.9 Å². The molecule has 2 aromatic carbocycles. The van der Waals surface area contributed by atoms with Gasteiger partial charge >= 0.3 is 0 Å². The molecule has 0 atom stereocenters. The Morgan fingerprint density at radius 2 is 2.00 bits per heavy atom. The van der Waals surface area contributed by atoms with Crippen LogP contribution < -0.4 is 10.1 Å². The number of rotatable bonds is 5. The fourth-order valence-corrected chi connectivity index (χ4v) is 2.46. The van der Waals surface area contributed by atoms with Gasteiger partial charge < -0.3 is 10.1 Å². The van der Waals surface area contributed by atoms with Gasteiger partial charge in [0.25, 0.3) is 5.91 Å². The Kier molecular flexibility index (Phi) is 4.25. The van der Waals surface area contributed by atoms with Gasteiger partial charge in [-0.3, -0.25) is 4.79 Å². The molecule has 21 heavy (non-hydrogen) atoms. The van der Waals surface area contributed by atoms with E-state index < -0.39 is 0 Å². The lowest BCUT2D eigenvalue weighted by Crippen LogP contribution is -2.25. The molecule has 0 aromatic heterocycles. The SMILES string of the molecule is O=C(NC1CC1)c1cccc(OCc2cccc(Br)c2)c1. The summed E-state index contributed by atoms with van der Waals surface area (Å²) in [6.07, 6.45) is 2.18. The Labute approximate surface area is 132 Å². The molecule has 3 rings (SSSR count). The average molecular weight is 346 g/mol. The highest BCUT2D eigenvalue weighted by Crippen LogP contribution is 2.21. The summed E-state index contributed by atoms with van der Waals surface area (Å²) in [7, 11) is 0. The second-order valence-corrected chi connectivity index (χ2v) is 6.11. The fourth-order valence-electron chi connectivity index (χ4n) is 2.02. The van der Waals surface area contributed by atoms with E-state index in [-0.39, 0.29) is 5.91 Å². The summed E-state index contributed by atoms with van der Waals surface area (Å²) in [6.45, 7) is 0.479. The van der Waals surface area contributed by atoms with E-state index in [0.717, 1.165) is 22.9 Å². The number of hydrogen-bond donors (Lipinski definition) is 1. The number of amides is 1. The number of halogens is 1. The molecule has 1 N–H and O–H groups in total. The van der Waals surface area contributed by atoms with Crippen LogP contribution in [0.3, 0.4) is 0 Å². The van der Waals surface area contributed by atoms with Crippen molar-refractivity contribution in [3.8, 4) is 5.75 Å². The Morgan fingerprint density at radius 3 is 2.76 bits per heavy atom. The van der Waals surface area contributed by atoms with Crippen LogP contribution in [-0.2, 0) is 6.61 Å².